The molecular weight excluding hydrogens is 553 g/mol. The van der Waals surface area contributed by atoms with Crippen LogP contribution in [0.15, 0.2) is 77.7 Å². The fourth-order valence-electron chi connectivity index (χ4n) is 5.90. The van der Waals surface area contributed by atoms with Crippen LogP contribution < -0.4 is 5.32 Å². The number of likely N-dealkylation sites (tertiary alicyclic amines) is 1. The maximum atomic E-state index is 13.5. The molecule has 1 fully saturated rings. The molecule has 0 atom stereocenters. The second-order valence-corrected chi connectivity index (χ2v) is 11.5. The van der Waals surface area contributed by atoms with Crippen LogP contribution in [-0.2, 0) is 35.5 Å². The third-order valence-corrected chi connectivity index (χ3v) is 8.29. The molecule has 2 aliphatic carbocycles. The standard InChI is InChI=1S/C34H33F3N4O2/c35-28-9-12-40(13-10-28)20-23-3-5-24-16-27(17-26(24)14-23)30-18-25(6-8-33(30)42)34(43)39-29-19-38-41(21-29)11-1-2-22-4-7-31(36)32(37)15-22/h3-7,14-15,17-19,21,28H,1-2,8-13,16,20H2,(H,39,43). The van der Waals surface area contributed by atoms with Crippen molar-refractivity contribution in [2.24, 2.45) is 0 Å². The lowest BCUT2D eigenvalue weighted by Crippen LogP contribution is -2.33. The Morgan fingerprint density at radius 2 is 1.84 bits per heavy atom. The predicted octanol–water partition coefficient (Wildman–Crippen LogP) is 6.13. The topological polar surface area (TPSA) is 67.2 Å². The van der Waals surface area contributed by atoms with Crippen molar-refractivity contribution < 1.29 is 22.8 Å². The summed E-state index contributed by atoms with van der Waals surface area (Å²) in [4.78, 5) is 28.2. The van der Waals surface area contributed by atoms with Gasteiger partial charge in [0.05, 0.1) is 11.9 Å². The minimum absolute atomic E-state index is 0.0150. The number of piperidine rings is 1. The van der Waals surface area contributed by atoms with Crippen LogP contribution in [-0.4, -0.2) is 45.6 Å². The van der Waals surface area contributed by atoms with Gasteiger partial charge in [-0.25, -0.2) is 13.2 Å². The van der Waals surface area contributed by atoms with Gasteiger partial charge in [0.2, 0.25) is 0 Å². The molecule has 0 unspecified atom stereocenters. The molecule has 43 heavy (non-hydrogen) atoms. The highest BCUT2D eigenvalue weighted by molar-refractivity contribution is 6.12. The van der Waals surface area contributed by atoms with E-state index < -0.39 is 17.8 Å². The number of allylic oxidation sites excluding steroid dienone is 3. The summed E-state index contributed by atoms with van der Waals surface area (Å²) < 4.78 is 41.8. The lowest BCUT2D eigenvalue weighted by molar-refractivity contribution is -0.114. The maximum Gasteiger partial charge on any atom is 0.255 e. The smallest absolute Gasteiger partial charge is 0.255 e. The number of carbonyl (C=O) groups excluding carboxylic acids is 2. The molecule has 1 saturated heterocycles. The Balaban J connectivity index is 1.06. The van der Waals surface area contributed by atoms with E-state index in [1.165, 1.54) is 11.6 Å². The summed E-state index contributed by atoms with van der Waals surface area (Å²) in [6.07, 6.45) is 11.1. The van der Waals surface area contributed by atoms with E-state index in [1.54, 1.807) is 35.3 Å². The van der Waals surface area contributed by atoms with Crippen molar-refractivity contribution in [2.45, 2.75) is 57.8 Å². The van der Waals surface area contributed by atoms with Gasteiger partial charge < -0.3 is 5.32 Å². The third-order valence-electron chi connectivity index (χ3n) is 8.29. The number of Topliss-reactive ketones (excluding diaryl/α,β-unsaturated/α-hetero) is 1. The molecule has 222 valence electrons. The first-order valence-electron chi connectivity index (χ1n) is 14.7. The van der Waals surface area contributed by atoms with Crippen LogP contribution in [0.25, 0.3) is 6.08 Å². The molecule has 9 heteroatoms. The Morgan fingerprint density at radius 3 is 2.65 bits per heavy atom. The van der Waals surface area contributed by atoms with Crippen LogP contribution in [0, 0.1) is 11.6 Å². The minimum Gasteiger partial charge on any atom is -0.319 e. The van der Waals surface area contributed by atoms with Crippen LogP contribution in [0.1, 0.15) is 47.9 Å². The number of halogens is 3. The van der Waals surface area contributed by atoms with Crippen molar-refractivity contribution in [3.05, 3.63) is 112 Å². The van der Waals surface area contributed by atoms with Crippen LogP contribution in [0.4, 0.5) is 18.9 Å². The zero-order valence-electron chi connectivity index (χ0n) is 23.8. The molecule has 1 aliphatic heterocycles. The molecule has 6 rings (SSSR count). The largest absolute Gasteiger partial charge is 0.319 e. The molecule has 1 amide bonds. The summed E-state index contributed by atoms with van der Waals surface area (Å²) in [7, 11) is 0. The quantitative estimate of drug-likeness (QED) is 0.328. The molecule has 1 N–H and O–H groups in total. The first-order chi connectivity index (χ1) is 20.8. The van der Waals surface area contributed by atoms with Crippen molar-refractivity contribution in [3.63, 3.8) is 0 Å². The SMILES string of the molecule is O=C1CC=C(C(=O)Nc2cnn(CCCc3ccc(F)c(F)c3)c2)C=C1C1=Cc2cc(CN3CCC(F)CC3)ccc2C1. The number of benzene rings is 2. The van der Waals surface area contributed by atoms with E-state index in [-0.39, 0.29) is 18.1 Å². The van der Waals surface area contributed by atoms with Gasteiger partial charge in [0, 0.05) is 49.9 Å². The van der Waals surface area contributed by atoms with Crippen molar-refractivity contribution in [1.82, 2.24) is 14.7 Å². The molecular formula is C34H33F3N4O2. The van der Waals surface area contributed by atoms with Crippen molar-refractivity contribution in [3.8, 4) is 0 Å². The summed E-state index contributed by atoms with van der Waals surface area (Å²) >= 11 is 0. The summed E-state index contributed by atoms with van der Waals surface area (Å²) in [5, 5.41) is 7.15. The second kappa shape index (κ2) is 12.6. The molecule has 0 bridgehead atoms. The molecule has 3 aliphatic rings. The second-order valence-electron chi connectivity index (χ2n) is 11.5. The van der Waals surface area contributed by atoms with E-state index >= 15 is 0 Å². The van der Waals surface area contributed by atoms with Crippen LogP contribution in [0.5, 0.6) is 0 Å². The van der Waals surface area contributed by atoms with Crippen LogP contribution in [0.2, 0.25) is 0 Å². The molecule has 0 radical (unpaired) electrons. The number of fused-ring (bicyclic) bond motifs is 1. The van der Waals surface area contributed by atoms with Gasteiger partial charge >= 0.3 is 0 Å². The Labute approximate surface area is 248 Å². The number of alkyl halides is 1. The highest BCUT2D eigenvalue weighted by atomic mass is 19.2. The monoisotopic (exact) mass is 586 g/mol. The van der Waals surface area contributed by atoms with E-state index in [0.29, 0.717) is 61.0 Å². The number of ketones is 1. The number of aromatic nitrogens is 2. The molecule has 3 aromatic rings. The van der Waals surface area contributed by atoms with Crippen molar-refractivity contribution in [2.75, 3.05) is 18.4 Å². The first kappa shape index (κ1) is 28.9. The zero-order chi connectivity index (χ0) is 29.9. The van der Waals surface area contributed by atoms with Gasteiger partial charge in [-0.1, -0.05) is 36.4 Å². The summed E-state index contributed by atoms with van der Waals surface area (Å²) in [6.45, 7) is 2.85. The zero-order valence-corrected chi connectivity index (χ0v) is 23.8. The van der Waals surface area contributed by atoms with E-state index in [2.05, 4.69) is 33.5 Å². The average molecular weight is 587 g/mol. The number of hydrogen-bond donors (Lipinski definition) is 1. The number of nitrogens with one attached hydrogen (secondary N) is 1. The molecule has 2 heterocycles. The Morgan fingerprint density at radius 1 is 1.02 bits per heavy atom. The van der Waals surface area contributed by atoms with Gasteiger partial charge in [-0.2, -0.15) is 5.10 Å². The third kappa shape index (κ3) is 6.88. The number of amides is 1. The number of aryl methyl sites for hydroxylation is 2. The summed E-state index contributed by atoms with van der Waals surface area (Å²) in [6, 6.07) is 10.2. The summed E-state index contributed by atoms with van der Waals surface area (Å²) in [5.74, 6) is -2.05. The van der Waals surface area contributed by atoms with Gasteiger partial charge in [-0.3, -0.25) is 19.2 Å². The molecule has 0 spiro atoms. The van der Waals surface area contributed by atoms with Crippen LogP contribution in [0.3, 0.4) is 0 Å². The first-order valence-corrected chi connectivity index (χ1v) is 14.7. The number of carbonyl (C=O) groups is 2. The van der Waals surface area contributed by atoms with E-state index in [9.17, 15) is 22.8 Å². The predicted molar refractivity (Wildman–Crippen MR) is 159 cm³/mol. The van der Waals surface area contributed by atoms with Crippen molar-refractivity contribution >= 4 is 23.5 Å². The average Bonchev–Trinajstić information content (AvgIpc) is 3.63. The molecule has 1 aromatic heterocycles. The number of anilines is 1. The van der Waals surface area contributed by atoms with E-state index in [0.717, 1.165) is 42.4 Å². The molecule has 0 saturated carbocycles. The van der Waals surface area contributed by atoms with Gasteiger partial charge in [0.25, 0.3) is 5.91 Å². The molecule has 2 aromatic carbocycles. The fourth-order valence-corrected chi connectivity index (χ4v) is 5.90. The Bertz CT molecular complexity index is 1650. The molecule has 6 nitrogen and oxygen atoms in total. The number of hydrogen-bond acceptors (Lipinski definition) is 4. The minimum atomic E-state index is -0.863. The van der Waals surface area contributed by atoms with Crippen LogP contribution >= 0.6 is 0 Å². The Hall–Kier alpha value is -4.24. The van der Waals surface area contributed by atoms with Gasteiger partial charge in [0.15, 0.2) is 17.4 Å². The lowest BCUT2D eigenvalue weighted by Gasteiger charge is -2.28. The highest BCUT2D eigenvalue weighted by Crippen LogP contribution is 2.33. The Kier molecular flexibility index (Phi) is 8.42. The van der Waals surface area contributed by atoms with E-state index in [4.69, 9.17) is 0 Å². The van der Waals surface area contributed by atoms with Crippen molar-refractivity contribution in [1.29, 1.82) is 0 Å². The lowest BCUT2D eigenvalue weighted by atomic mass is 9.91. The normalized spacial score (nSPS) is 17.4. The highest BCUT2D eigenvalue weighted by Gasteiger charge is 2.25. The van der Waals surface area contributed by atoms with Gasteiger partial charge in [-0.05, 0) is 78.1 Å². The maximum absolute atomic E-state index is 13.5. The number of rotatable bonds is 9. The van der Waals surface area contributed by atoms with Gasteiger partial charge in [-0.15, -0.1) is 0 Å². The fraction of sp³-hybridized carbons (Fsp3) is 0.324. The van der Waals surface area contributed by atoms with E-state index in [1.807, 2.05) is 6.08 Å². The number of nitrogens with zero attached hydrogens (tertiary/aromatic N) is 3. The van der Waals surface area contributed by atoms with Gasteiger partial charge in [0.1, 0.15) is 6.17 Å². The summed E-state index contributed by atoms with van der Waals surface area (Å²) in [5.41, 5.74) is 6.52.